The van der Waals surface area contributed by atoms with Gasteiger partial charge in [-0.15, -0.1) is 5.10 Å². The SMILES string of the molecule is CC1(C)CC(=O)C2=C(C1)Nc1nc(SCc3ccccc3Cl)nn1[C@@H]2c1ccc(Cl)cc1. The third-order valence-corrected chi connectivity index (χ3v) is 7.32. The molecule has 0 fully saturated rings. The standard InChI is InChI=1S/C24H22Cl2N4OS/c1-24(2)11-18-20(19(31)12-24)21(14-7-9-16(25)10-8-14)30-22(27-18)28-23(29-30)32-13-15-5-3-4-6-17(15)26/h3-10,21H,11-13H2,1-2H3,(H,27,28,29)/t21-/m1/s1. The number of thioether (sulfide) groups is 1. The largest absolute Gasteiger partial charge is 0.328 e. The van der Waals surface area contributed by atoms with Gasteiger partial charge in [-0.05, 0) is 41.2 Å². The summed E-state index contributed by atoms with van der Waals surface area (Å²) in [6.07, 6.45) is 1.29. The van der Waals surface area contributed by atoms with E-state index in [0.717, 1.165) is 33.8 Å². The first kappa shape index (κ1) is 21.6. The molecule has 0 radical (unpaired) electrons. The van der Waals surface area contributed by atoms with E-state index in [9.17, 15) is 4.79 Å². The van der Waals surface area contributed by atoms with Gasteiger partial charge in [0.1, 0.15) is 6.04 Å². The van der Waals surface area contributed by atoms with Gasteiger partial charge in [-0.1, -0.05) is 79.1 Å². The molecule has 32 heavy (non-hydrogen) atoms. The molecule has 1 aliphatic carbocycles. The lowest BCUT2D eigenvalue weighted by molar-refractivity contribution is -0.118. The number of ketones is 1. The Labute approximate surface area is 201 Å². The molecule has 1 N–H and O–H groups in total. The highest BCUT2D eigenvalue weighted by Gasteiger charge is 2.41. The van der Waals surface area contributed by atoms with E-state index in [0.29, 0.717) is 28.3 Å². The number of nitrogens with zero attached hydrogens (tertiary/aromatic N) is 3. The first-order valence-electron chi connectivity index (χ1n) is 10.4. The van der Waals surface area contributed by atoms with Crippen LogP contribution in [0, 0.1) is 5.41 Å². The minimum Gasteiger partial charge on any atom is -0.328 e. The number of Topliss-reactive ketones (excluding diaryl/α,β-unsaturated/α-hetero) is 1. The maximum atomic E-state index is 13.3. The monoisotopic (exact) mass is 484 g/mol. The highest BCUT2D eigenvalue weighted by atomic mass is 35.5. The Balaban J connectivity index is 1.53. The van der Waals surface area contributed by atoms with E-state index < -0.39 is 0 Å². The van der Waals surface area contributed by atoms with Crippen LogP contribution < -0.4 is 5.32 Å². The van der Waals surface area contributed by atoms with Gasteiger partial charge in [0.05, 0.1) is 0 Å². The van der Waals surface area contributed by atoms with Gasteiger partial charge in [0.15, 0.2) is 5.78 Å². The average Bonchev–Trinajstić information content (AvgIpc) is 3.14. The van der Waals surface area contributed by atoms with Crippen molar-refractivity contribution in [1.82, 2.24) is 14.8 Å². The second-order valence-corrected chi connectivity index (χ2v) is 10.7. The molecule has 0 spiro atoms. The zero-order chi connectivity index (χ0) is 22.5. The minimum absolute atomic E-state index is 0.0999. The van der Waals surface area contributed by atoms with E-state index in [4.69, 9.17) is 33.3 Å². The number of carbonyl (C=O) groups excluding carboxylic acids is 1. The fraction of sp³-hybridized carbons (Fsp3) is 0.292. The maximum absolute atomic E-state index is 13.3. The van der Waals surface area contributed by atoms with Crippen LogP contribution in [0.15, 0.2) is 65.0 Å². The normalized spacial score (nSPS) is 19.4. The molecule has 0 saturated carbocycles. The van der Waals surface area contributed by atoms with Crippen LogP contribution in [0.2, 0.25) is 10.0 Å². The number of hydrogen-bond donors (Lipinski definition) is 1. The number of nitrogens with one attached hydrogen (secondary N) is 1. The number of hydrogen-bond acceptors (Lipinski definition) is 5. The van der Waals surface area contributed by atoms with Crippen LogP contribution in [-0.2, 0) is 10.5 Å². The van der Waals surface area contributed by atoms with Gasteiger partial charge in [-0.3, -0.25) is 4.79 Å². The molecule has 1 aliphatic heterocycles. The molecule has 1 aromatic heterocycles. The Morgan fingerprint density at radius 2 is 1.88 bits per heavy atom. The van der Waals surface area contributed by atoms with E-state index in [-0.39, 0.29) is 17.2 Å². The Morgan fingerprint density at radius 1 is 1.12 bits per heavy atom. The number of allylic oxidation sites excluding steroid dienone is 2. The van der Waals surface area contributed by atoms with E-state index in [2.05, 4.69) is 19.2 Å². The summed E-state index contributed by atoms with van der Waals surface area (Å²) in [5.74, 6) is 1.46. The first-order valence-corrected chi connectivity index (χ1v) is 12.2. The van der Waals surface area contributed by atoms with E-state index >= 15 is 0 Å². The zero-order valence-corrected chi connectivity index (χ0v) is 20.1. The molecule has 1 atom stereocenters. The Hall–Kier alpha value is -2.28. The number of benzene rings is 2. The van der Waals surface area contributed by atoms with Crippen LogP contribution in [-0.4, -0.2) is 20.5 Å². The van der Waals surface area contributed by atoms with Crippen LogP contribution in [0.25, 0.3) is 0 Å². The van der Waals surface area contributed by atoms with E-state index in [1.165, 1.54) is 11.8 Å². The molecule has 3 aromatic rings. The second-order valence-electron chi connectivity index (χ2n) is 8.95. The number of aromatic nitrogens is 3. The topological polar surface area (TPSA) is 59.8 Å². The van der Waals surface area contributed by atoms with Gasteiger partial charge < -0.3 is 5.32 Å². The summed E-state index contributed by atoms with van der Waals surface area (Å²) < 4.78 is 1.83. The van der Waals surface area contributed by atoms with E-state index in [1.54, 1.807) is 0 Å². The van der Waals surface area contributed by atoms with E-state index in [1.807, 2.05) is 53.2 Å². The quantitative estimate of drug-likeness (QED) is 0.426. The Kier molecular flexibility index (Phi) is 5.56. The van der Waals surface area contributed by atoms with Crippen LogP contribution in [0.5, 0.6) is 0 Å². The molecule has 2 aromatic carbocycles. The Morgan fingerprint density at radius 3 is 2.62 bits per heavy atom. The number of anilines is 1. The summed E-state index contributed by atoms with van der Waals surface area (Å²) in [7, 11) is 0. The first-order chi connectivity index (χ1) is 15.3. The molecule has 8 heteroatoms. The molecule has 2 heterocycles. The average molecular weight is 485 g/mol. The fourth-order valence-electron chi connectivity index (χ4n) is 4.36. The molecule has 5 nitrogen and oxygen atoms in total. The summed E-state index contributed by atoms with van der Waals surface area (Å²) in [5.41, 5.74) is 3.60. The van der Waals surface area contributed by atoms with Crippen molar-refractivity contribution in [2.75, 3.05) is 5.32 Å². The Bertz CT molecular complexity index is 1230. The maximum Gasteiger partial charge on any atom is 0.227 e. The second kappa shape index (κ2) is 8.25. The summed E-state index contributed by atoms with van der Waals surface area (Å²) in [6.45, 7) is 4.25. The highest BCUT2D eigenvalue weighted by molar-refractivity contribution is 7.98. The lowest BCUT2D eigenvalue weighted by Crippen LogP contribution is -2.36. The van der Waals surface area contributed by atoms with Crippen molar-refractivity contribution < 1.29 is 4.79 Å². The number of fused-ring (bicyclic) bond motifs is 1. The van der Waals surface area contributed by atoms with Gasteiger partial charge >= 0.3 is 0 Å². The summed E-state index contributed by atoms with van der Waals surface area (Å²) in [4.78, 5) is 18.0. The third-order valence-electron chi connectivity index (χ3n) is 5.81. The fourth-order valence-corrected chi connectivity index (χ4v) is 5.60. The predicted molar refractivity (Wildman–Crippen MR) is 129 cm³/mol. The lowest BCUT2D eigenvalue weighted by atomic mass is 9.73. The number of halogens is 2. The predicted octanol–water partition coefficient (Wildman–Crippen LogP) is 6.54. The van der Waals surface area contributed by atoms with Crippen molar-refractivity contribution in [1.29, 1.82) is 0 Å². The van der Waals surface area contributed by atoms with Crippen molar-refractivity contribution in [3.05, 3.63) is 81.0 Å². The molecule has 5 rings (SSSR count). The van der Waals surface area contributed by atoms with Crippen LogP contribution in [0.1, 0.15) is 43.9 Å². The van der Waals surface area contributed by atoms with Crippen molar-refractivity contribution in [2.24, 2.45) is 5.41 Å². The highest BCUT2D eigenvalue weighted by Crippen LogP contribution is 2.45. The minimum atomic E-state index is -0.329. The smallest absolute Gasteiger partial charge is 0.227 e. The summed E-state index contributed by atoms with van der Waals surface area (Å²) in [5, 5.41) is 10.2. The molecule has 164 valence electrons. The van der Waals surface area contributed by atoms with Crippen molar-refractivity contribution in [3.63, 3.8) is 0 Å². The zero-order valence-electron chi connectivity index (χ0n) is 17.7. The van der Waals surface area contributed by atoms with Crippen LogP contribution in [0.3, 0.4) is 0 Å². The third kappa shape index (κ3) is 4.07. The molecule has 0 saturated heterocycles. The van der Waals surface area contributed by atoms with Gasteiger partial charge in [-0.2, -0.15) is 4.98 Å². The molecular formula is C24H22Cl2N4OS. The number of carbonyl (C=O) groups is 1. The van der Waals surface area contributed by atoms with Gasteiger partial charge in [0.2, 0.25) is 11.1 Å². The molecule has 0 bridgehead atoms. The molecule has 2 aliphatic rings. The van der Waals surface area contributed by atoms with Crippen molar-refractivity contribution in [2.45, 2.75) is 43.6 Å². The number of rotatable bonds is 4. The molecule has 0 unspecified atom stereocenters. The van der Waals surface area contributed by atoms with Crippen molar-refractivity contribution in [3.8, 4) is 0 Å². The molecular weight excluding hydrogens is 463 g/mol. The van der Waals surface area contributed by atoms with Gasteiger partial charge in [0, 0.05) is 33.5 Å². The van der Waals surface area contributed by atoms with Crippen LogP contribution in [0.4, 0.5) is 5.95 Å². The summed E-state index contributed by atoms with van der Waals surface area (Å²) >= 11 is 14.0. The lowest BCUT2D eigenvalue weighted by Gasteiger charge is -2.38. The van der Waals surface area contributed by atoms with Gasteiger partial charge in [0.25, 0.3) is 0 Å². The summed E-state index contributed by atoms with van der Waals surface area (Å²) in [6, 6.07) is 15.0. The van der Waals surface area contributed by atoms with Gasteiger partial charge in [-0.25, -0.2) is 4.68 Å². The van der Waals surface area contributed by atoms with Crippen LogP contribution >= 0.6 is 35.0 Å². The molecule has 0 amide bonds. The van der Waals surface area contributed by atoms with Crippen molar-refractivity contribution >= 4 is 46.7 Å².